The highest BCUT2D eigenvalue weighted by Gasteiger charge is 2.28. The lowest BCUT2D eigenvalue weighted by Crippen LogP contribution is -2.49. The van der Waals surface area contributed by atoms with Crippen LogP contribution in [0.4, 0.5) is 10.1 Å². The maximum Gasteiger partial charge on any atom is 0.199 e. The van der Waals surface area contributed by atoms with Gasteiger partial charge in [0.1, 0.15) is 17.1 Å². The minimum atomic E-state index is -0.456. The highest BCUT2D eigenvalue weighted by atomic mass is 19.1. The van der Waals surface area contributed by atoms with Crippen LogP contribution in [-0.4, -0.2) is 42.3 Å². The minimum Gasteiger partial charge on any atom is -0.494 e. The van der Waals surface area contributed by atoms with E-state index >= 15 is 4.39 Å². The maximum atomic E-state index is 16.4. The van der Waals surface area contributed by atoms with E-state index in [-0.39, 0.29) is 28.4 Å². The Labute approximate surface area is 190 Å². The molecule has 2 N–H and O–H groups in total. The van der Waals surface area contributed by atoms with Gasteiger partial charge in [0, 0.05) is 42.6 Å². The molecule has 1 atom stereocenters. The molecule has 0 bridgehead atoms. The van der Waals surface area contributed by atoms with E-state index in [2.05, 4.69) is 23.3 Å². The van der Waals surface area contributed by atoms with Crippen molar-refractivity contribution in [2.24, 2.45) is 0 Å². The first-order valence-corrected chi connectivity index (χ1v) is 11.1. The lowest BCUT2D eigenvalue weighted by Gasteiger charge is -2.35. The van der Waals surface area contributed by atoms with Crippen molar-refractivity contribution in [3.05, 3.63) is 45.9 Å². The van der Waals surface area contributed by atoms with Crippen LogP contribution in [0.2, 0.25) is 0 Å². The topological polar surface area (TPSA) is 86.1 Å². The highest BCUT2D eigenvalue weighted by molar-refractivity contribution is 6.10. The standard InChI is InChI=1S/C25H26FN5O2/c1-13(2)31-22-17(10-19(33-4)23(21(22)26)30-8-7-28-14(3)12-30)24(32)20-16-6-5-15(11-27)9-18(16)29-25(20)31/h5-6,9-10,13-14,28-29H,7-8,12H2,1-4H3/t14-/m0/s1. The molecule has 4 aromatic rings. The van der Waals surface area contributed by atoms with Crippen LogP contribution in [-0.2, 0) is 0 Å². The van der Waals surface area contributed by atoms with Gasteiger partial charge in [0.15, 0.2) is 11.2 Å². The van der Waals surface area contributed by atoms with E-state index < -0.39 is 5.82 Å². The number of halogens is 1. The zero-order valence-electron chi connectivity index (χ0n) is 19.1. The summed E-state index contributed by atoms with van der Waals surface area (Å²) in [5.41, 5.74) is 2.10. The van der Waals surface area contributed by atoms with Gasteiger partial charge in [-0.15, -0.1) is 0 Å². The largest absolute Gasteiger partial charge is 0.494 e. The Morgan fingerprint density at radius 3 is 2.73 bits per heavy atom. The van der Waals surface area contributed by atoms with E-state index in [1.54, 1.807) is 24.3 Å². The summed E-state index contributed by atoms with van der Waals surface area (Å²) in [5, 5.41) is 14.1. The molecule has 170 valence electrons. The Bertz CT molecular complexity index is 1510. The molecule has 8 heteroatoms. The van der Waals surface area contributed by atoms with Gasteiger partial charge in [0.25, 0.3) is 0 Å². The van der Waals surface area contributed by atoms with Gasteiger partial charge in [-0.2, -0.15) is 5.26 Å². The van der Waals surface area contributed by atoms with E-state index in [4.69, 9.17) is 4.74 Å². The van der Waals surface area contributed by atoms with Gasteiger partial charge in [-0.1, -0.05) is 6.07 Å². The first-order chi connectivity index (χ1) is 15.8. The van der Waals surface area contributed by atoms with Gasteiger partial charge in [-0.05, 0) is 39.0 Å². The van der Waals surface area contributed by atoms with Gasteiger partial charge in [-0.25, -0.2) is 4.39 Å². The number of methoxy groups -OCH3 is 1. The SMILES string of the molecule is COc1cc2c(=O)c3c4ccc(C#N)cc4[nH]c3n(C(C)C)c2c(F)c1N1CCN[C@@H](C)C1. The van der Waals surface area contributed by atoms with E-state index in [0.29, 0.717) is 52.0 Å². The third-order valence-corrected chi connectivity index (χ3v) is 6.46. The molecular formula is C25H26FN5O2. The molecule has 2 aromatic heterocycles. The second-order valence-electron chi connectivity index (χ2n) is 8.95. The fourth-order valence-corrected chi connectivity index (χ4v) is 5.03. The first kappa shape index (κ1) is 21.3. The van der Waals surface area contributed by atoms with Crippen molar-refractivity contribution in [1.29, 1.82) is 5.26 Å². The number of nitrogens with one attached hydrogen (secondary N) is 2. The maximum absolute atomic E-state index is 16.4. The molecule has 1 aliphatic heterocycles. The predicted octanol–water partition coefficient (Wildman–Crippen LogP) is 4.03. The molecule has 1 aliphatic rings. The zero-order valence-corrected chi connectivity index (χ0v) is 19.1. The van der Waals surface area contributed by atoms with Crippen LogP contribution in [0.5, 0.6) is 5.75 Å². The number of anilines is 1. The van der Waals surface area contributed by atoms with Crippen LogP contribution in [0, 0.1) is 17.1 Å². The Morgan fingerprint density at radius 1 is 1.27 bits per heavy atom. The summed E-state index contributed by atoms with van der Waals surface area (Å²) in [6.45, 7) is 8.00. The fourth-order valence-electron chi connectivity index (χ4n) is 5.03. The number of piperazine rings is 1. The molecule has 2 aromatic carbocycles. The summed E-state index contributed by atoms with van der Waals surface area (Å²) >= 11 is 0. The molecule has 0 aliphatic carbocycles. The number of rotatable bonds is 3. The Morgan fingerprint density at radius 2 is 2.06 bits per heavy atom. The molecule has 0 unspecified atom stereocenters. The molecule has 0 saturated carbocycles. The molecule has 0 radical (unpaired) electrons. The number of ether oxygens (including phenoxy) is 1. The number of H-pyrrole nitrogens is 1. The first-order valence-electron chi connectivity index (χ1n) is 11.1. The number of fused-ring (bicyclic) bond motifs is 4. The van der Waals surface area contributed by atoms with Gasteiger partial charge in [-0.3, -0.25) is 4.79 Å². The third kappa shape index (κ3) is 3.15. The van der Waals surface area contributed by atoms with Gasteiger partial charge in [0.2, 0.25) is 0 Å². The summed E-state index contributed by atoms with van der Waals surface area (Å²) in [6, 6.07) is 9.05. The second kappa shape index (κ2) is 7.78. The van der Waals surface area contributed by atoms with Crippen LogP contribution >= 0.6 is 0 Å². The molecule has 3 heterocycles. The average molecular weight is 448 g/mol. The van der Waals surface area contributed by atoms with Crippen molar-refractivity contribution >= 4 is 38.5 Å². The molecule has 0 amide bonds. The van der Waals surface area contributed by atoms with Crippen molar-refractivity contribution in [3.63, 3.8) is 0 Å². The number of aromatic amines is 1. The van der Waals surface area contributed by atoms with Crippen LogP contribution in [0.1, 0.15) is 32.4 Å². The zero-order chi connectivity index (χ0) is 23.4. The summed E-state index contributed by atoms with van der Waals surface area (Å²) < 4.78 is 23.8. The van der Waals surface area contributed by atoms with Crippen LogP contribution in [0.15, 0.2) is 29.1 Å². The number of hydrogen-bond acceptors (Lipinski definition) is 5. The van der Waals surface area contributed by atoms with Crippen molar-refractivity contribution in [1.82, 2.24) is 14.9 Å². The molecule has 5 rings (SSSR count). The number of nitriles is 1. The summed E-state index contributed by atoms with van der Waals surface area (Å²) in [6.07, 6.45) is 0. The molecule has 7 nitrogen and oxygen atoms in total. The number of aromatic nitrogens is 2. The molecule has 0 spiro atoms. The highest BCUT2D eigenvalue weighted by Crippen LogP contribution is 2.39. The summed E-state index contributed by atoms with van der Waals surface area (Å²) in [5.74, 6) is -0.102. The van der Waals surface area contributed by atoms with Crippen molar-refractivity contribution < 1.29 is 9.13 Å². The lowest BCUT2D eigenvalue weighted by molar-refractivity contribution is 0.406. The molecular weight excluding hydrogens is 421 g/mol. The van der Waals surface area contributed by atoms with Crippen molar-refractivity contribution in [2.75, 3.05) is 31.6 Å². The van der Waals surface area contributed by atoms with Gasteiger partial charge < -0.3 is 24.5 Å². The van der Waals surface area contributed by atoms with E-state index in [1.165, 1.54) is 7.11 Å². The molecule has 1 fully saturated rings. The fraction of sp³-hybridized carbons (Fsp3) is 0.360. The van der Waals surface area contributed by atoms with Gasteiger partial charge >= 0.3 is 0 Å². The smallest absolute Gasteiger partial charge is 0.199 e. The molecule has 33 heavy (non-hydrogen) atoms. The second-order valence-corrected chi connectivity index (χ2v) is 8.95. The molecule has 1 saturated heterocycles. The third-order valence-electron chi connectivity index (χ3n) is 6.46. The van der Waals surface area contributed by atoms with Gasteiger partial charge in [0.05, 0.1) is 35.0 Å². The summed E-state index contributed by atoms with van der Waals surface area (Å²) in [4.78, 5) is 19.0. The average Bonchev–Trinajstić information content (AvgIpc) is 3.17. The number of pyridine rings is 1. The van der Waals surface area contributed by atoms with E-state index in [1.807, 2.05) is 23.3 Å². The monoisotopic (exact) mass is 447 g/mol. The van der Waals surface area contributed by atoms with Crippen molar-refractivity contribution in [3.8, 4) is 11.8 Å². The van der Waals surface area contributed by atoms with Crippen LogP contribution < -0.4 is 20.4 Å². The normalized spacial score (nSPS) is 16.8. The summed E-state index contributed by atoms with van der Waals surface area (Å²) in [7, 11) is 1.50. The number of benzene rings is 2. The Balaban J connectivity index is 1.94. The van der Waals surface area contributed by atoms with E-state index in [0.717, 1.165) is 6.54 Å². The minimum absolute atomic E-state index is 0.128. The lowest BCUT2D eigenvalue weighted by atomic mass is 10.1. The van der Waals surface area contributed by atoms with Crippen LogP contribution in [0.3, 0.4) is 0 Å². The van der Waals surface area contributed by atoms with Crippen LogP contribution in [0.25, 0.3) is 32.8 Å². The number of nitrogens with zero attached hydrogens (tertiary/aromatic N) is 3. The predicted molar refractivity (Wildman–Crippen MR) is 129 cm³/mol. The number of hydrogen-bond donors (Lipinski definition) is 2. The van der Waals surface area contributed by atoms with Crippen molar-refractivity contribution in [2.45, 2.75) is 32.9 Å². The quantitative estimate of drug-likeness (QED) is 0.495. The Hall–Kier alpha value is -3.57. The Kier molecular flexibility index (Phi) is 5.02. The van der Waals surface area contributed by atoms with E-state index in [9.17, 15) is 10.1 Å².